The number of Topliss-reactive ketones (excluding diaryl/α,β-unsaturated/α-hetero) is 2. The Morgan fingerprint density at radius 1 is 0.878 bits per heavy atom. The molecule has 1 aliphatic heterocycles. The summed E-state index contributed by atoms with van der Waals surface area (Å²) in [6.07, 6.45) is 5.35. The quantitative estimate of drug-likeness (QED) is 0.142. The summed E-state index contributed by atoms with van der Waals surface area (Å²) in [5, 5.41) is 0.635. The fourth-order valence-corrected chi connectivity index (χ4v) is 7.13. The van der Waals surface area contributed by atoms with Crippen molar-refractivity contribution in [2.24, 2.45) is 11.3 Å². The van der Waals surface area contributed by atoms with Gasteiger partial charge in [0, 0.05) is 50.1 Å². The first-order chi connectivity index (χ1) is 23.8. The molecule has 7 rings (SSSR count). The number of ether oxygens (including phenoxy) is 4. The molecular weight excluding hydrogens is 630 g/mol. The third-order valence-electron chi connectivity index (χ3n) is 10.2. The van der Waals surface area contributed by atoms with Gasteiger partial charge in [-0.15, -0.1) is 0 Å². The minimum Gasteiger partial charge on any atom is -0.493 e. The maximum atomic E-state index is 15.4. The van der Waals surface area contributed by atoms with E-state index in [1.165, 1.54) is 24.3 Å². The number of methoxy groups -OCH3 is 1. The van der Waals surface area contributed by atoms with E-state index >= 15 is 4.39 Å². The van der Waals surface area contributed by atoms with Crippen LogP contribution in [0.25, 0.3) is 10.9 Å². The molecular formula is C39H40F2N2O6. The summed E-state index contributed by atoms with van der Waals surface area (Å²) in [4.78, 5) is 33.6. The summed E-state index contributed by atoms with van der Waals surface area (Å²) in [7, 11) is 1.58. The molecule has 2 saturated carbocycles. The summed E-state index contributed by atoms with van der Waals surface area (Å²) >= 11 is 0. The average Bonchev–Trinajstić information content (AvgIpc) is 3.05. The summed E-state index contributed by atoms with van der Waals surface area (Å²) in [5.41, 5.74) is 0.661. The van der Waals surface area contributed by atoms with Gasteiger partial charge < -0.3 is 18.9 Å². The predicted octanol–water partition coefficient (Wildman–Crippen LogP) is 6.90. The van der Waals surface area contributed by atoms with Crippen molar-refractivity contribution in [3.63, 3.8) is 0 Å². The van der Waals surface area contributed by atoms with Gasteiger partial charge in [0.25, 0.3) is 0 Å². The van der Waals surface area contributed by atoms with Crippen molar-refractivity contribution in [3.8, 4) is 23.0 Å². The van der Waals surface area contributed by atoms with Crippen LogP contribution in [0.1, 0.15) is 43.2 Å². The van der Waals surface area contributed by atoms with E-state index in [1.54, 1.807) is 43.6 Å². The Kier molecular flexibility index (Phi) is 9.60. The summed E-state index contributed by atoms with van der Waals surface area (Å²) in [6, 6.07) is 15.4. The van der Waals surface area contributed by atoms with Crippen LogP contribution in [-0.4, -0.2) is 67.5 Å². The number of carbonyl (C=O) groups is 2. The molecule has 49 heavy (non-hydrogen) atoms. The Morgan fingerprint density at radius 3 is 2.27 bits per heavy atom. The Morgan fingerprint density at radius 2 is 1.59 bits per heavy atom. The van der Waals surface area contributed by atoms with Crippen molar-refractivity contribution >= 4 is 22.5 Å². The normalized spacial score (nSPS) is 20.2. The van der Waals surface area contributed by atoms with Crippen LogP contribution in [0, 0.1) is 23.0 Å². The largest absolute Gasteiger partial charge is 0.493 e. The lowest BCUT2D eigenvalue weighted by Gasteiger charge is -2.39. The van der Waals surface area contributed by atoms with E-state index in [0.717, 1.165) is 52.1 Å². The SMILES string of the molecule is COc1cc2c(Oc3ccc(CC(=O)C4(C(=O)Cc5ccc(F)cc5)CCC4)cc3F)ccnc2cc1OC1CC(CN2CCOCC2)C1. The molecule has 0 radical (unpaired) electrons. The molecule has 4 aromatic rings. The monoisotopic (exact) mass is 670 g/mol. The molecule has 3 aromatic carbocycles. The lowest BCUT2D eigenvalue weighted by Crippen LogP contribution is -2.46. The number of halogens is 2. The van der Waals surface area contributed by atoms with Crippen LogP contribution < -0.4 is 14.2 Å². The Labute approximate surface area is 284 Å². The molecule has 0 N–H and O–H groups in total. The van der Waals surface area contributed by atoms with Gasteiger partial charge in [-0.3, -0.25) is 19.5 Å². The van der Waals surface area contributed by atoms with E-state index in [9.17, 15) is 14.0 Å². The zero-order valence-electron chi connectivity index (χ0n) is 27.6. The highest BCUT2D eigenvalue weighted by molar-refractivity contribution is 6.09. The molecule has 0 bridgehead atoms. The number of fused-ring (bicyclic) bond motifs is 1. The van der Waals surface area contributed by atoms with Gasteiger partial charge in [-0.2, -0.15) is 0 Å². The molecule has 3 aliphatic rings. The minimum absolute atomic E-state index is 0.00508. The van der Waals surface area contributed by atoms with Gasteiger partial charge in [-0.1, -0.05) is 24.6 Å². The second kappa shape index (κ2) is 14.2. The first-order valence-electron chi connectivity index (χ1n) is 17.0. The van der Waals surface area contributed by atoms with E-state index in [4.69, 9.17) is 18.9 Å². The second-order valence-electron chi connectivity index (χ2n) is 13.4. The highest BCUT2D eigenvalue weighted by atomic mass is 19.1. The third kappa shape index (κ3) is 7.16. The van der Waals surface area contributed by atoms with Crippen LogP contribution in [0.5, 0.6) is 23.0 Å². The van der Waals surface area contributed by atoms with E-state index in [0.29, 0.717) is 58.0 Å². The number of rotatable bonds is 13. The highest BCUT2D eigenvalue weighted by Crippen LogP contribution is 2.45. The lowest BCUT2D eigenvalue weighted by molar-refractivity contribution is -0.145. The molecule has 10 heteroatoms. The molecule has 0 spiro atoms. The number of pyridine rings is 1. The molecule has 256 valence electrons. The third-order valence-corrected chi connectivity index (χ3v) is 10.2. The van der Waals surface area contributed by atoms with Crippen molar-refractivity contribution in [1.29, 1.82) is 0 Å². The first kappa shape index (κ1) is 33.1. The average molecular weight is 671 g/mol. The first-order valence-corrected chi connectivity index (χ1v) is 17.0. The molecule has 1 saturated heterocycles. The van der Waals surface area contributed by atoms with Crippen LogP contribution in [0.2, 0.25) is 0 Å². The van der Waals surface area contributed by atoms with Gasteiger partial charge in [-0.05, 0) is 79.1 Å². The minimum atomic E-state index is -1.08. The number of carbonyl (C=O) groups excluding carboxylic acids is 2. The van der Waals surface area contributed by atoms with Crippen molar-refractivity contribution in [3.05, 3.63) is 89.6 Å². The van der Waals surface area contributed by atoms with Gasteiger partial charge in [0.15, 0.2) is 34.6 Å². The number of morpholine rings is 1. The van der Waals surface area contributed by atoms with Gasteiger partial charge in [-0.25, -0.2) is 8.78 Å². The van der Waals surface area contributed by atoms with E-state index in [-0.39, 0.29) is 42.1 Å². The van der Waals surface area contributed by atoms with Crippen LogP contribution in [0.15, 0.2) is 66.9 Å². The predicted molar refractivity (Wildman–Crippen MR) is 179 cm³/mol. The molecule has 2 aliphatic carbocycles. The Bertz CT molecular complexity index is 1830. The summed E-state index contributed by atoms with van der Waals surface area (Å²) < 4.78 is 52.3. The molecule has 0 atom stereocenters. The van der Waals surface area contributed by atoms with Crippen LogP contribution in [0.3, 0.4) is 0 Å². The molecule has 1 aromatic heterocycles. The van der Waals surface area contributed by atoms with Gasteiger partial charge in [0.05, 0.1) is 37.4 Å². The fraction of sp³-hybridized carbons (Fsp3) is 0.410. The maximum absolute atomic E-state index is 15.4. The Hall–Kier alpha value is -4.41. The summed E-state index contributed by atoms with van der Waals surface area (Å²) in [5.74, 6) is 0.726. The topological polar surface area (TPSA) is 87.2 Å². The van der Waals surface area contributed by atoms with E-state index in [1.807, 2.05) is 6.07 Å². The van der Waals surface area contributed by atoms with Crippen molar-refractivity contribution in [2.45, 2.75) is 51.0 Å². The Balaban J connectivity index is 1.00. The fourth-order valence-electron chi connectivity index (χ4n) is 7.13. The van der Waals surface area contributed by atoms with Gasteiger partial charge in [0.1, 0.15) is 11.6 Å². The van der Waals surface area contributed by atoms with Gasteiger partial charge in [0.2, 0.25) is 0 Å². The maximum Gasteiger partial charge on any atom is 0.166 e. The standard InChI is InChI=1S/C39H40F2N2O6/c1-46-35-22-30-32(23-36(35)48-29-17-27(18-29)24-43-13-15-47-16-14-43)42-12-9-33(30)49-34-8-5-26(19-31(34)41)21-38(45)39(10-2-11-39)37(44)20-25-3-6-28(40)7-4-25/h3-9,12,19,22-23,27,29H,2,10-11,13-18,20-21,24H2,1H3. The van der Waals surface area contributed by atoms with Gasteiger partial charge >= 0.3 is 0 Å². The van der Waals surface area contributed by atoms with E-state index in [2.05, 4.69) is 9.88 Å². The molecule has 3 fully saturated rings. The molecule has 0 amide bonds. The number of hydrogen-bond acceptors (Lipinski definition) is 8. The number of hydrogen-bond donors (Lipinski definition) is 0. The number of aromatic nitrogens is 1. The van der Waals surface area contributed by atoms with E-state index < -0.39 is 11.2 Å². The molecule has 2 heterocycles. The highest BCUT2D eigenvalue weighted by Gasteiger charge is 2.49. The molecule has 8 nitrogen and oxygen atoms in total. The van der Waals surface area contributed by atoms with Crippen molar-refractivity contribution in [1.82, 2.24) is 9.88 Å². The van der Waals surface area contributed by atoms with Crippen LogP contribution in [0.4, 0.5) is 8.78 Å². The zero-order chi connectivity index (χ0) is 34.0. The smallest absolute Gasteiger partial charge is 0.166 e. The van der Waals surface area contributed by atoms with Crippen LogP contribution >= 0.6 is 0 Å². The molecule has 0 unspecified atom stereocenters. The second-order valence-corrected chi connectivity index (χ2v) is 13.4. The lowest BCUT2D eigenvalue weighted by atomic mass is 9.61. The van der Waals surface area contributed by atoms with Crippen molar-refractivity contribution in [2.75, 3.05) is 40.0 Å². The van der Waals surface area contributed by atoms with Crippen LogP contribution in [-0.2, 0) is 27.2 Å². The summed E-state index contributed by atoms with van der Waals surface area (Å²) in [6.45, 7) is 4.62. The number of ketones is 2. The van der Waals surface area contributed by atoms with Crippen molar-refractivity contribution < 1.29 is 37.3 Å². The zero-order valence-corrected chi connectivity index (χ0v) is 27.6. The number of benzene rings is 3. The number of nitrogens with zero attached hydrogens (tertiary/aromatic N) is 2.